The molecular weight excluding hydrogens is 284 g/mol. The average Bonchev–Trinajstić information content (AvgIpc) is 3.29. The quantitative estimate of drug-likeness (QED) is 0.933. The summed E-state index contributed by atoms with van der Waals surface area (Å²) in [5.74, 6) is 0.721. The van der Waals surface area contributed by atoms with Gasteiger partial charge in [-0.25, -0.2) is 0 Å². The summed E-state index contributed by atoms with van der Waals surface area (Å²) < 4.78 is 0. The molecule has 1 saturated heterocycles. The Kier molecular flexibility index (Phi) is 3.98. The lowest BCUT2D eigenvalue weighted by molar-refractivity contribution is -0.135. The van der Waals surface area contributed by atoms with Crippen LogP contribution in [0.15, 0.2) is 24.3 Å². The van der Waals surface area contributed by atoms with Gasteiger partial charge in [0.15, 0.2) is 0 Å². The van der Waals surface area contributed by atoms with E-state index in [1.54, 1.807) is 0 Å². The van der Waals surface area contributed by atoms with E-state index < -0.39 is 0 Å². The van der Waals surface area contributed by atoms with E-state index in [4.69, 9.17) is 17.3 Å². The number of carbonyl (C=O) groups excluding carboxylic acids is 1. The van der Waals surface area contributed by atoms with Crippen molar-refractivity contribution < 1.29 is 4.79 Å². The largest absolute Gasteiger partial charge is 0.342 e. The molecule has 0 aromatic heterocycles. The third kappa shape index (κ3) is 2.82. The minimum atomic E-state index is -0.287. The first kappa shape index (κ1) is 14.9. The maximum Gasteiger partial charge on any atom is 0.233 e. The van der Waals surface area contributed by atoms with E-state index >= 15 is 0 Å². The Balaban J connectivity index is 1.76. The third-order valence-electron chi connectivity index (χ3n) is 5.04. The fraction of sp³-hybridized carbons (Fsp3) is 0.588. The molecule has 1 saturated carbocycles. The number of piperidine rings is 1. The first-order valence-corrected chi connectivity index (χ1v) is 8.22. The number of benzene rings is 1. The molecule has 1 aliphatic carbocycles. The summed E-state index contributed by atoms with van der Waals surface area (Å²) in [6.07, 6.45) is 4.10. The molecule has 2 fully saturated rings. The third-order valence-corrected chi connectivity index (χ3v) is 5.30. The number of carbonyl (C=O) groups is 1. The number of hydrogen-bond donors (Lipinski definition) is 1. The van der Waals surface area contributed by atoms with E-state index in [1.807, 2.05) is 36.1 Å². The molecule has 2 atom stereocenters. The summed E-state index contributed by atoms with van der Waals surface area (Å²) in [7, 11) is 0. The zero-order chi connectivity index (χ0) is 15.0. The van der Waals surface area contributed by atoms with E-state index in [0.29, 0.717) is 5.92 Å². The summed E-state index contributed by atoms with van der Waals surface area (Å²) in [5.41, 5.74) is 6.85. The number of halogens is 1. The number of amides is 1. The van der Waals surface area contributed by atoms with Gasteiger partial charge < -0.3 is 10.6 Å². The molecule has 2 unspecified atom stereocenters. The Morgan fingerprint density at radius 1 is 1.38 bits per heavy atom. The van der Waals surface area contributed by atoms with Crippen LogP contribution in [0.2, 0.25) is 5.02 Å². The standard InChI is InChI=1S/C17H23ClN2O/c1-12(19)13-3-2-10-20(11-13)16(21)17(8-9-17)14-4-6-15(18)7-5-14/h4-7,12-13H,2-3,8-11,19H2,1H3. The van der Waals surface area contributed by atoms with Crippen molar-refractivity contribution in [2.45, 2.75) is 44.1 Å². The zero-order valence-corrected chi connectivity index (χ0v) is 13.3. The molecule has 2 aliphatic rings. The predicted octanol–water partition coefficient (Wildman–Crippen LogP) is 2.96. The van der Waals surface area contributed by atoms with Crippen LogP contribution in [-0.2, 0) is 10.2 Å². The van der Waals surface area contributed by atoms with Gasteiger partial charge in [0.25, 0.3) is 0 Å². The van der Waals surface area contributed by atoms with Crippen LogP contribution in [0.5, 0.6) is 0 Å². The minimum absolute atomic E-state index is 0.159. The smallest absolute Gasteiger partial charge is 0.233 e. The fourth-order valence-corrected chi connectivity index (χ4v) is 3.57. The van der Waals surface area contributed by atoms with Gasteiger partial charge in [0, 0.05) is 24.2 Å². The van der Waals surface area contributed by atoms with Crippen LogP contribution in [0.1, 0.15) is 38.2 Å². The lowest BCUT2D eigenvalue weighted by Crippen LogP contribution is -2.48. The molecule has 0 radical (unpaired) electrons. The van der Waals surface area contributed by atoms with Crippen molar-refractivity contribution >= 4 is 17.5 Å². The van der Waals surface area contributed by atoms with Gasteiger partial charge >= 0.3 is 0 Å². The van der Waals surface area contributed by atoms with Crippen molar-refractivity contribution in [3.05, 3.63) is 34.9 Å². The van der Waals surface area contributed by atoms with Crippen LogP contribution in [-0.4, -0.2) is 29.9 Å². The number of likely N-dealkylation sites (tertiary alicyclic amines) is 1. The van der Waals surface area contributed by atoms with Crippen LogP contribution < -0.4 is 5.73 Å². The molecule has 2 N–H and O–H groups in total. The number of hydrogen-bond acceptors (Lipinski definition) is 2. The van der Waals surface area contributed by atoms with Crippen LogP contribution in [0.25, 0.3) is 0 Å². The van der Waals surface area contributed by atoms with Gasteiger partial charge in [-0.2, -0.15) is 0 Å². The number of nitrogens with two attached hydrogens (primary N) is 1. The topological polar surface area (TPSA) is 46.3 Å². The van der Waals surface area contributed by atoms with E-state index in [2.05, 4.69) is 0 Å². The predicted molar refractivity (Wildman–Crippen MR) is 85.3 cm³/mol. The SMILES string of the molecule is CC(N)C1CCCN(C(=O)C2(c3ccc(Cl)cc3)CC2)C1. The molecule has 114 valence electrons. The molecule has 1 aliphatic heterocycles. The Labute approximate surface area is 131 Å². The van der Waals surface area contributed by atoms with Crippen LogP contribution in [0, 0.1) is 5.92 Å². The highest BCUT2D eigenvalue weighted by molar-refractivity contribution is 6.30. The van der Waals surface area contributed by atoms with Gasteiger partial charge in [-0.05, 0) is 56.2 Å². The Bertz CT molecular complexity index is 522. The monoisotopic (exact) mass is 306 g/mol. The lowest BCUT2D eigenvalue weighted by Gasteiger charge is -2.36. The zero-order valence-electron chi connectivity index (χ0n) is 12.5. The molecule has 21 heavy (non-hydrogen) atoms. The molecule has 3 rings (SSSR count). The molecule has 0 spiro atoms. The second-order valence-electron chi connectivity index (χ2n) is 6.60. The normalized spacial score (nSPS) is 25.5. The highest BCUT2D eigenvalue weighted by Gasteiger charge is 2.53. The van der Waals surface area contributed by atoms with Gasteiger partial charge in [-0.1, -0.05) is 23.7 Å². The number of nitrogens with zero attached hydrogens (tertiary/aromatic N) is 1. The Morgan fingerprint density at radius 3 is 2.62 bits per heavy atom. The van der Waals surface area contributed by atoms with E-state index in [-0.39, 0.29) is 17.4 Å². The van der Waals surface area contributed by atoms with Gasteiger partial charge in [0.1, 0.15) is 0 Å². The number of rotatable bonds is 3. The lowest BCUT2D eigenvalue weighted by atomic mass is 9.89. The highest BCUT2D eigenvalue weighted by Crippen LogP contribution is 2.50. The Morgan fingerprint density at radius 2 is 2.05 bits per heavy atom. The van der Waals surface area contributed by atoms with Gasteiger partial charge in [-0.15, -0.1) is 0 Å². The van der Waals surface area contributed by atoms with Crippen molar-refractivity contribution in [2.75, 3.05) is 13.1 Å². The second-order valence-corrected chi connectivity index (χ2v) is 7.04. The van der Waals surface area contributed by atoms with Crippen molar-refractivity contribution in [1.29, 1.82) is 0 Å². The summed E-state index contributed by atoms with van der Waals surface area (Å²) in [4.78, 5) is 15.0. The molecule has 1 aromatic rings. The maximum atomic E-state index is 13.0. The van der Waals surface area contributed by atoms with Crippen LogP contribution in [0.3, 0.4) is 0 Å². The maximum absolute atomic E-state index is 13.0. The molecule has 4 heteroatoms. The van der Waals surface area contributed by atoms with Gasteiger partial charge in [0.05, 0.1) is 5.41 Å². The Hall–Kier alpha value is -1.06. The fourth-order valence-electron chi connectivity index (χ4n) is 3.45. The van der Waals surface area contributed by atoms with Crippen molar-refractivity contribution in [3.63, 3.8) is 0 Å². The molecular formula is C17H23ClN2O. The molecule has 0 bridgehead atoms. The summed E-state index contributed by atoms with van der Waals surface area (Å²) >= 11 is 5.96. The summed E-state index contributed by atoms with van der Waals surface area (Å²) in [6.45, 7) is 3.73. The first-order chi connectivity index (χ1) is 10.0. The van der Waals surface area contributed by atoms with Gasteiger partial charge in [-0.3, -0.25) is 4.79 Å². The highest BCUT2D eigenvalue weighted by atomic mass is 35.5. The van der Waals surface area contributed by atoms with Crippen LogP contribution >= 0.6 is 11.6 Å². The van der Waals surface area contributed by atoms with Gasteiger partial charge in [0.2, 0.25) is 5.91 Å². The van der Waals surface area contributed by atoms with Crippen molar-refractivity contribution in [1.82, 2.24) is 4.90 Å². The minimum Gasteiger partial charge on any atom is -0.342 e. The summed E-state index contributed by atoms with van der Waals surface area (Å²) in [6, 6.07) is 7.92. The molecule has 3 nitrogen and oxygen atoms in total. The molecule has 1 amide bonds. The molecule has 1 aromatic carbocycles. The van der Waals surface area contributed by atoms with Crippen LogP contribution in [0.4, 0.5) is 0 Å². The van der Waals surface area contributed by atoms with Crippen molar-refractivity contribution in [3.8, 4) is 0 Å². The molecule has 1 heterocycles. The van der Waals surface area contributed by atoms with Crippen molar-refractivity contribution in [2.24, 2.45) is 11.7 Å². The van der Waals surface area contributed by atoms with E-state index in [1.165, 1.54) is 0 Å². The van der Waals surface area contributed by atoms with E-state index in [0.717, 1.165) is 49.4 Å². The first-order valence-electron chi connectivity index (χ1n) is 7.84. The summed E-state index contributed by atoms with van der Waals surface area (Å²) in [5, 5.41) is 0.719. The second kappa shape index (κ2) is 5.62. The van der Waals surface area contributed by atoms with E-state index in [9.17, 15) is 4.79 Å². The average molecular weight is 307 g/mol.